The lowest BCUT2D eigenvalue weighted by Gasteiger charge is -2.40. The molecule has 158 valence electrons. The predicted molar refractivity (Wildman–Crippen MR) is 116 cm³/mol. The molecule has 0 radical (unpaired) electrons. The first-order valence-corrected chi connectivity index (χ1v) is 12.5. The van der Waals surface area contributed by atoms with Gasteiger partial charge in [-0.25, -0.2) is 8.42 Å². The lowest BCUT2D eigenvalue weighted by molar-refractivity contribution is 0.343. The molecule has 1 saturated carbocycles. The van der Waals surface area contributed by atoms with Gasteiger partial charge >= 0.3 is 0 Å². The van der Waals surface area contributed by atoms with Gasteiger partial charge in [-0.2, -0.15) is 9.29 Å². The van der Waals surface area contributed by atoms with Crippen molar-refractivity contribution in [2.75, 3.05) is 24.5 Å². The second-order valence-corrected chi connectivity index (χ2v) is 11.2. The Balaban J connectivity index is 1.32. The molecule has 0 bridgehead atoms. The highest BCUT2D eigenvalue weighted by atomic mass is 32.2. The van der Waals surface area contributed by atoms with Gasteiger partial charge in [0.2, 0.25) is 11.7 Å². The summed E-state index contributed by atoms with van der Waals surface area (Å²) in [7, 11) is -3.55. The van der Waals surface area contributed by atoms with Crippen molar-refractivity contribution in [3.05, 3.63) is 47.2 Å². The zero-order valence-corrected chi connectivity index (χ0v) is 18.6. The van der Waals surface area contributed by atoms with E-state index in [0.717, 1.165) is 18.5 Å². The first kappa shape index (κ1) is 19.7. The van der Waals surface area contributed by atoms with Crippen LogP contribution in [0.2, 0.25) is 0 Å². The third kappa shape index (κ3) is 3.66. The summed E-state index contributed by atoms with van der Waals surface area (Å²) < 4.78 is 33.7. The minimum Gasteiger partial charge on any atom is -0.366 e. The second-order valence-electron chi connectivity index (χ2n) is 8.13. The molecule has 2 fully saturated rings. The normalized spacial score (nSPS) is 20.6. The van der Waals surface area contributed by atoms with Crippen molar-refractivity contribution in [2.24, 2.45) is 0 Å². The van der Waals surface area contributed by atoms with Crippen LogP contribution < -0.4 is 4.90 Å². The van der Waals surface area contributed by atoms with Gasteiger partial charge < -0.3 is 9.42 Å². The Morgan fingerprint density at radius 2 is 2.03 bits per heavy atom. The fraction of sp³-hybridized carbons (Fsp3) is 0.429. The van der Waals surface area contributed by atoms with Gasteiger partial charge in [0.15, 0.2) is 0 Å². The summed E-state index contributed by atoms with van der Waals surface area (Å²) in [5.74, 6) is 1.49. The van der Waals surface area contributed by atoms with Gasteiger partial charge in [-0.05, 0) is 50.5 Å². The van der Waals surface area contributed by atoms with Crippen molar-refractivity contribution in [2.45, 2.75) is 42.9 Å². The monoisotopic (exact) mass is 444 g/mol. The largest absolute Gasteiger partial charge is 0.366 e. The van der Waals surface area contributed by atoms with Crippen LogP contribution in [0.15, 0.2) is 44.4 Å². The standard InChI is InChI=1S/C21H24N4O3S2/c1-14-4-3-5-18(10-14)25-9-8-24(12-15(25)2)30(26,27)19-11-17(13-29-19)20-22-21(28-23-20)16-6-7-16/h3-5,10-11,13,15-16H,6-9,12H2,1-2H3/t15-/m1/s1. The van der Waals surface area contributed by atoms with E-state index in [1.807, 2.05) is 6.07 Å². The highest BCUT2D eigenvalue weighted by molar-refractivity contribution is 7.91. The second kappa shape index (κ2) is 7.47. The van der Waals surface area contributed by atoms with Crippen LogP contribution in [0, 0.1) is 6.92 Å². The Labute approximate surface area is 180 Å². The summed E-state index contributed by atoms with van der Waals surface area (Å²) in [4.78, 5) is 6.70. The molecule has 7 nitrogen and oxygen atoms in total. The van der Waals surface area contributed by atoms with Crippen LogP contribution in [0.5, 0.6) is 0 Å². The third-order valence-corrected chi connectivity index (χ3v) is 9.00. The van der Waals surface area contributed by atoms with E-state index in [0.29, 0.717) is 47.0 Å². The van der Waals surface area contributed by atoms with Crippen LogP contribution in [0.1, 0.15) is 37.1 Å². The first-order valence-electron chi connectivity index (χ1n) is 10.2. The van der Waals surface area contributed by atoms with E-state index in [2.05, 4.69) is 47.1 Å². The van der Waals surface area contributed by atoms with E-state index in [4.69, 9.17) is 4.52 Å². The number of aromatic nitrogens is 2. The number of hydrogen-bond donors (Lipinski definition) is 0. The zero-order chi connectivity index (χ0) is 20.9. The maximum absolute atomic E-state index is 13.3. The van der Waals surface area contributed by atoms with E-state index < -0.39 is 10.0 Å². The first-order chi connectivity index (χ1) is 14.4. The molecule has 30 heavy (non-hydrogen) atoms. The number of benzene rings is 1. The van der Waals surface area contributed by atoms with Crippen LogP contribution in [0.4, 0.5) is 5.69 Å². The Hall–Kier alpha value is -2.23. The predicted octanol–water partition coefficient (Wildman–Crippen LogP) is 3.88. The number of nitrogens with zero attached hydrogens (tertiary/aromatic N) is 4. The average molecular weight is 445 g/mol. The van der Waals surface area contributed by atoms with E-state index in [9.17, 15) is 8.42 Å². The molecule has 0 N–H and O–H groups in total. The number of anilines is 1. The molecule has 2 aliphatic rings. The van der Waals surface area contributed by atoms with Crippen LogP contribution in [-0.2, 0) is 10.0 Å². The number of hydrogen-bond acceptors (Lipinski definition) is 7. The molecule has 9 heteroatoms. The number of thiophene rings is 1. The SMILES string of the molecule is Cc1cccc(N2CCN(S(=O)(=O)c3cc(-c4noc(C5CC5)n4)cs3)C[C@H]2C)c1. The summed E-state index contributed by atoms with van der Waals surface area (Å²) in [6.45, 7) is 5.72. The van der Waals surface area contributed by atoms with Gasteiger partial charge in [0, 0.05) is 48.2 Å². The fourth-order valence-corrected chi connectivity index (χ4v) is 6.70. The van der Waals surface area contributed by atoms with Gasteiger partial charge in [0.25, 0.3) is 10.0 Å². The Morgan fingerprint density at radius 1 is 1.20 bits per heavy atom. The molecular weight excluding hydrogens is 420 g/mol. The Morgan fingerprint density at radius 3 is 2.77 bits per heavy atom. The van der Waals surface area contributed by atoms with Crippen LogP contribution in [0.3, 0.4) is 0 Å². The minimum absolute atomic E-state index is 0.0908. The number of sulfonamides is 1. The van der Waals surface area contributed by atoms with Crippen molar-refractivity contribution in [1.29, 1.82) is 0 Å². The van der Waals surface area contributed by atoms with Crippen LogP contribution >= 0.6 is 11.3 Å². The van der Waals surface area contributed by atoms with Gasteiger partial charge in [-0.1, -0.05) is 17.3 Å². The maximum atomic E-state index is 13.3. The average Bonchev–Trinajstić information content (AvgIpc) is 3.24. The van der Waals surface area contributed by atoms with Crippen molar-refractivity contribution in [3.63, 3.8) is 0 Å². The molecule has 2 aromatic heterocycles. The number of piperazine rings is 1. The van der Waals surface area contributed by atoms with Crippen LogP contribution in [0.25, 0.3) is 11.4 Å². The molecule has 0 spiro atoms. The van der Waals surface area contributed by atoms with Crippen molar-refractivity contribution in [3.8, 4) is 11.4 Å². The Bertz CT molecular complexity index is 1170. The minimum atomic E-state index is -3.55. The van der Waals surface area contributed by atoms with Crippen LogP contribution in [-0.4, -0.2) is 48.5 Å². The molecule has 1 saturated heterocycles. The van der Waals surface area contributed by atoms with Crippen molar-refractivity contribution >= 4 is 27.0 Å². The molecule has 5 rings (SSSR count). The fourth-order valence-electron chi connectivity index (χ4n) is 3.88. The molecule has 1 aliphatic carbocycles. The quantitative estimate of drug-likeness (QED) is 0.594. The summed E-state index contributed by atoms with van der Waals surface area (Å²) in [6.07, 6.45) is 2.16. The van der Waals surface area contributed by atoms with E-state index in [1.54, 1.807) is 15.8 Å². The highest BCUT2D eigenvalue weighted by Crippen LogP contribution is 2.40. The molecule has 1 aliphatic heterocycles. The molecule has 0 amide bonds. The summed E-state index contributed by atoms with van der Waals surface area (Å²) in [5.41, 5.74) is 3.04. The third-order valence-electron chi connectivity index (χ3n) is 5.72. The molecule has 1 aromatic carbocycles. The lowest BCUT2D eigenvalue weighted by atomic mass is 10.1. The van der Waals surface area contributed by atoms with Crippen molar-refractivity contribution in [1.82, 2.24) is 14.4 Å². The van der Waals surface area contributed by atoms with Gasteiger partial charge in [-0.15, -0.1) is 11.3 Å². The molecule has 3 heterocycles. The number of aryl methyl sites for hydroxylation is 1. The van der Waals surface area contributed by atoms with Gasteiger partial charge in [-0.3, -0.25) is 0 Å². The summed E-state index contributed by atoms with van der Waals surface area (Å²) in [5, 5.41) is 5.82. The lowest BCUT2D eigenvalue weighted by Crippen LogP contribution is -2.53. The van der Waals surface area contributed by atoms with Gasteiger partial charge in [0.05, 0.1) is 0 Å². The summed E-state index contributed by atoms with van der Waals surface area (Å²) in [6, 6.07) is 10.1. The molecule has 3 aromatic rings. The summed E-state index contributed by atoms with van der Waals surface area (Å²) >= 11 is 1.21. The molecule has 1 atom stereocenters. The van der Waals surface area contributed by atoms with Crippen molar-refractivity contribution < 1.29 is 12.9 Å². The molecular formula is C21H24N4O3S2. The topological polar surface area (TPSA) is 79.5 Å². The van der Waals surface area contributed by atoms with E-state index in [-0.39, 0.29) is 6.04 Å². The van der Waals surface area contributed by atoms with Gasteiger partial charge in [0.1, 0.15) is 4.21 Å². The highest BCUT2D eigenvalue weighted by Gasteiger charge is 2.34. The zero-order valence-electron chi connectivity index (χ0n) is 17.0. The number of rotatable bonds is 5. The smallest absolute Gasteiger partial charge is 0.252 e. The van der Waals surface area contributed by atoms with E-state index >= 15 is 0 Å². The molecule has 0 unspecified atom stereocenters. The van der Waals surface area contributed by atoms with E-state index in [1.165, 1.54) is 16.9 Å². The Kier molecular flexibility index (Phi) is 4.91. The maximum Gasteiger partial charge on any atom is 0.252 e.